The smallest absolute Gasteiger partial charge is 0.273 e. The molecule has 0 spiro atoms. The Morgan fingerprint density at radius 2 is 1.81 bits per heavy atom. The zero-order valence-electron chi connectivity index (χ0n) is 11.6. The zero-order chi connectivity index (χ0) is 15.2. The standard InChI is InChI=1S/C15H14N2O4/c1-20-14-6-4-3-5-11(14)10-16-13-8-7-12(17(18)19)9-15(13)21-2/h3-10H,1-2H3. The van der Waals surface area contributed by atoms with Crippen LogP contribution in [0.1, 0.15) is 5.56 Å². The van der Waals surface area contributed by atoms with Gasteiger partial charge in [0, 0.05) is 17.8 Å². The number of hydrogen-bond acceptors (Lipinski definition) is 5. The molecule has 6 heteroatoms. The predicted octanol–water partition coefficient (Wildman–Crippen LogP) is 3.36. The molecule has 0 unspecified atom stereocenters. The van der Waals surface area contributed by atoms with E-state index < -0.39 is 4.92 Å². The Balaban J connectivity index is 2.34. The van der Waals surface area contributed by atoms with Gasteiger partial charge in [-0.05, 0) is 18.2 Å². The molecule has 0 amide bonds. The Morgan fingerprint density at radius 1 is 1.10 bits per heavy atom. The summed E-state index contributed by atoms with van der Waals surface area (Å²) in [6.45, 7) is 0. The average molecular weight is 286 g/mol. The monoisotopic (exact) mass is 286 g/mol. The van der Waals surface area contributed by atoms with E-state index in [2.05, 4.69) is 4.99 Å². The molecule has 0 fully saturated rings. The molecule has 21 heavy (non-hydrogen) atoms. The Hall–Kier alpha value is -2.89. The number of nitro groups is 1. The van der Waals surface area contributed by atoms with Crippen molar-refractivity contribution >= 4 is 17.6 Å². The average Bonchev–Trinajstić information content (AvgIpc) is 2.52. The lowest BCUT2D eigenvalue weighted by atomic mass is 10.2. The molecule has 0 atom stereocenters. The molecule has 0 aliphatic heterocycles. The van der Waals surface area contributed by atoms with Crippen LogP contribution in [0.15, 0.2) is 47.5 Å². The van der Waals surface area contributed by atoms with Gasteiger partial charge in [0.05, 0.1) is 25.2 Å². The molecule has 0 bridgehead atoms. The van der Waals surface area contributed by atoms with Crippen LogP contribution < -0.4 is 9.47 Å². The summed E-state index contributed by atoms with van der Waals surface area (Å²) in [4.78, 5) is 14.6. The van der Waals surface area contributed by atoms with E-state index in [9.17, 15) is 10.1 Å². The van der Waals surface area contributed by atoms with E-state index in [-0.39, 0.29) is 5.69 Å². The number of benzene rings is 2. The van der Waals surface area contributed by atoms with Crippen LogP contribution in [0.25, 0.3) is 0 Å². The van der Waals surface area contributed by atoms with Crippen molar-refractivity contribution in [1.82, 2.24) is 0 Å². The summed E-state index contributed by atoms with van der Waals surface area (Å²) in [5.41, 5.74) is 1.28. The molecule has 0 heterocycles. The van der Waals surface area contributed by atoms with Crippen molar-refractivity contribution < 1.29 is 14.4 Å². The number of ether oxygens (including phenoxy) is 2. The van der Waals surface area contributed by atoms with Crippen molar-refractivity contribution in [3.05, 3.63) is 58.1 Å². The molecule has 6 nitrogen and oxygen atoms in total. The highest BCUT2D eigenvalue weighted by atomic mass is 16.6. The van der Waals surface area contributed by atoms with E-state index in [1.807, 2.05) is 24.3 Å². The topological polar surface area (TPSA) is 74.0 Å². The van der Waals surface area contributed by atoms with E-state index in [1.165, 1.54) is 19.2 Å². The first-order chi connectivity index (χ1) is 10.2. The number of non-ortho nitro benzene ring substituents is 1. The fraction of sp³-hybridized carbons (Fsp3) is 0.133. The lowest BCUT2D eigenvalue weighted by Crippen LogP contribution is -1.91. The minimum absolute atomic E-state index is 0.0388. The van der Waals surface area contributed by atoms with E-state index in [1.54, 1.807) is 19.4 Å². The van der Waals surface area contributed by atoms with Crippen molar-refractivity contribution in [3.8, 4) is 11.5 Å². The van der Waals surface area contributed by atoms with E-state index in [4.69, 9.17) is 9.47 Å². The lowest BCUT2D eigenvalue weighted by molar-refractivity contribution is -0.384. The number of rotatable bonds is 5. The number of nitro benzene ring substituents is 1. The highest BCUT2D eigenvalue weighted by Crippen LogP contribution is 2.31. The Bertz CT molecular complexity index is 683. The lowest BCUT2D eigenvalue weighted by Gasteiger charge is -2.05. The molecule has 108 valence electrons. The maximum Gasteiger partial charge on any atom is 0.273 e. The molecule has 2 rings (SSSR count). The molecule has 0 aliphatic rings. The van der Waals surface area contributed by atoms with Gasteiger partial charge in [0.2, 0.25) is 0 Å². The van der Waals surface area contributed by atoms with Gasteiger partial charge in [0.1, 0.15) is 11.4 Å². The molecule has 0 aromatic heterocycles. The van der Waals surface area contributed by atoms with Gasteiger partial charge in [0.25, 0.3) is 5.69 Å². The van der Waals surface area contributed by atoms with Gasteiger partial charge in [-0.2, -0.15) is 0 Å². The highest BCUT2D eigenvalue weighted by Gasteiger charge is 2.10. The quantitative estimate of drug-likeness (QED) is 0.480. The van der Waals surface area contributed by atoms with Crippen LogP contribution in [-0.4, -0.2) is 25.4 Å². The Morgan fingerprint density at radius 3 is 2.48 bits per heavy atom. The van der Waals surface area contributed by atoms with Gasteiger partial charge in [-0.15, -0.1) is 0 Å². The van der Waals surface area contributed by atoms with E-state index >= 15 is 0 Å². The molecule has 0 saturated heterocycles. The first kappa shape index (κ1) is 14.5. The van der Waals surface area contributed by atoms with Crippen LogP contribution >= 0.6 is 0 Å². The second-order valence-electron chi connectivity index (χ2n) is 4.11. The van der Waals surface area contributed by atoms with Crippen LogP contribution in [-0.2, 0) is 0 Å². The molecule has 0 radical (unpaired) electrons. The third-order valence-electron chi connectivity index (χ3n) is 2.86. The van der Waals surface area contributed by atoms with Gasteiger partial charge < -0.3 is 9.47 Å². The third-order valence-corrected chi connectivity index (χ3v) is 2.86. The van der Waals surface area contributed by atoms with Gasteiger partial charge in [-0.25, -0.2) is 0 Å². The van der Waals surface area contributed by atoms with Crippen LogP contribution in [0, 0.1) is 10.1 Å². The van der Waals surface area contributed by atoms with E-state index in [0.717, 1.165) is 5.56 Å². The second kappa shape index (κ2) is 6.51. The summed E-state index contributed by atoms with van der Waals surface area (Å²) in [5, 5.41) is 10.7. The van der Waals surface area contributed by atoms with Crippen molar-refractivity contribution in [1.29, 1.82) is 0 Å². The summed E-state index contributed by atoms with van der Waals surface area (Å²) < 4.78 is 10.4. The Kier molecular flexibility index (Phi) is 4.50. The fourth-order valence-electron chi connectivity index (χ4n) is 1.80. The molecule has 0 aliphatic carbocycles. The first-order valence-electron chi connectivity index (χ1n) is 6.15. The third kappa shape index (κ3) is 3.36. The Labute approximate surface area is 121 Å². The fourth-order valence-corrected chi connectivity index (χ4v) is 1.80. The number of aliphatic imine (C=N–C) groups is 1. The SMILES string of the molecule is COc1ccccc1C=Nc1ccc([N+](=O)[O-])cc1OC. The molecule has 2 aromatic rings. The molecule has 0 N–H and O–H groups in total. The normalized spacial score (nSPS) is 10.6. The number of nitrogens with zero attached hydrogens (tertiary/aromatic N) is 2. The van der Waals surface area contributed by atoms with Crippen LogP contribution in [0.4, 0.5) is 11.4 Å². The number of methoxy groups -OCH3 is 2. The van der Waals surface area contributed by atoms with Crippen LogP contribution in [0.3, 0.4) is 0 Å². The summed E-state index contributed by atoms with van der Waals surface area (Å²) in [6.07, 6.45) is 1.63. The van der Waals surface area contributed by atoms with Gasteiger partial charge in [-0.1, -0.05) is 12.1 Å². The molecule has 0 saturated carbocycles. The highest BCUT2D eigenvalue weighted by molar-refractivity contribution is 5.86. The predicted molar refractivity (Wildman–Crippen MR) is 79.9 cm³/mol. The molecular formula is C15H14N2O4. The van der Waals surface area contributed by atoms with Crippen molar-refractivity contribution in [3.63, 3.8) is 0 Å². The largest absolute Gasteiger partial charge is 0.496 e. The summed E-state index contributed by atoms with van der Waals surface area (Å²) in [5.74, 6) is 1.04. The van der Waals surface area contributed by atoms with Gasteiger partial charge in [-0.3, -0.25) is 15.1 Å². The van der Waals surface area contributed by atoms with Crippen molar-refractivity contribution in [2.24, 2.45) is 4.99 Å². The van der Waals surface area contributed by atoms with Gasteiger partial charge >= 0.3 is 0 Å². The second-order valence-corrected chi connectivity index (χ2v) is 4.11. The number of para-hydroxylation sites is 1. The molecular weight excluding hydrogens is 272 g/mol. The van der Waals surface area contributed by atoms with Crippen molar-refractivity contribution in [2.45, 2.75) is 0 Å². The molecule has 2 aromatic carbocycles. The minimum atomic E-state index is -0.476. The van der Waals surface area contributed by atoms with E-state index in [0.29, 0.717) is 17.2 Å². The maximum atomic E-state index is 10.7. The first-order valence-corrected chi connectivity index (χ1v) is 6.15. The minimum Gasteiger partial charge on any atom is -0.496 e. The summed E-state index contributed by atoms with van der Waals surface area (Å²) >= 11 is 0. The van der Waals surface area contributed by atoms with Gasteiger partial charge in [0.15, 0.2) is 5.75 Å². The number of hydrogen-bond donors (Lipinski definition) is 0. The summed E-state index contributed by atoms with van der Waals surface area (Å²) in [7, 11) is 3.03. The van der Waals surface area contributed by atoms with Crippen molar-refractivity contribution in [2.75, 3.05) is 14.2 Å². The summed E-state index contributed by atoms with van der Waals surface area (Å²) in [6, 6.07) is 11.7. The van der Waals surface area contributed by atoms with Crippen LogP contribution in [0.5, 0.6) is 11.5 Å². The zero-order valence-corrected chi connectivity index (χ0v) is 11.6. The van der Waals surface area contributed by atoms with Crippen LogP contribution in [0.2, 0.25) is 0 Å². The maximum absolute atomic E-state index is 10.7.